The van der Waals surface area contributed by atoms with E-state index in [1.807, 2.05) is 38.1 Å². The maximum Gasteiger partial charge on any atom is 0.350 e. The molecule has 8 heteroatoms. The number of carbonyl (C=O) groups excluding carboxylic acids is 2. The number of hydrogen-bond acceptors (Lipinski definition) is 5. The number of rotatable bonds is 6. The molecule has 0 spiro atoms. The molecule has 3 aromatic rings. The van der Waals surface area contributed by atoms with Crippen LogP contribution >= 0.6 is 22.9 Å². The lowest BCUT2D eigenvalue weighted by Crippen LogP contribution is -2.31. The molecule has 0 aliphatic carbocycles. The summed E-state index contributed by atoms with van der Waals surface area (Å²) in [5, 5.41) is 8.13. The van der Waals surface area contributed by atoms with Gasteiger partial charge in [0.25, 0.3) is 5.91 Å². The van der Waals surface area contributed by atoms with Gasteiger partial charge in [0.1, 0.15) is 10.7 Å². The van der Waals surface area contributed by atoms with Crippen LogP contribution in [0.1, 0.15) is 42.9 Å². The summed E-state index contributed by atoms with van der Waals surface area (Å²) in [6, 6.07) is 9.31. The van der Waals surface area contributed by atoms with Gasteiger partial charge in [0.2, 0.25) is 0 Å². The van der Waals surface area contributed by atoms with Crippen LogP contribution < -0.4 is 5.32 Å². The molecule has 0 unspecified atom stereocenters. The van der Waals surface area contributed by atoms with Crippen molar-refractivity contribution in [2.24, 2.45) is 0 Å². The predicted molar refractivity (Wildman–Crippen MR) is 108 cm³/mol. The summed E-state index contributed by atoms with van der Waals surface area (Å²) in [5.41, 5.74) is 0. The number of benzene rings is 1. The van der Waals surface area contributed by atoms with E-state index in [2.05, 4.69) is 10.4 Å². The quantitative estimate of drug-likeness (QED) is 0.591. The van der Waals surface area contributed by atoms with Gasteiger partial charge in [0.15, 0.2) is 6.10 Å². The Morgan fingerprint density at radius 1 is 1.30 bits per heavy atom. The predicted octanol–water partition coefficient (Wildman–Crippen LogP) is 4.91. The number of esters is 1. The third kappa shape index (κ3) is 3.99. The van der Waals surface area contributed by atoms with Crippen LogP contribution in [0, 0.1) is 0 Å². The third-order valence-electron chi connectivity index (χ3n) is 4.30. The maximum atomic E-state index is 12.5. The Kier molecular flexibility index (Phi) is 5.82. The highest BCUT2D eigenvalue weighted by molar-refractivity contribution is 7.21. The van der Waals surface area contributed by atoms with E-state index >= 15 is 0 Å². The van der Waals surface area contributed by atoms with E-state index < -0.39 is 18.0 Å². The maximum absolute atomic E-state index is 12.5. The number of carbonyl (C=O) groups is 2. The molecule has 3 rings (SSSR count). The van der Waals surface area contributed by atoms with Gasteiger partial charge in [0, 0.05) is 16.2 Å². The molecule has 27 heavy (non-hydrogen) atoms. The molecule has 1 amide bonds. The van der Waals surface area contributed by atoms with E-state index in [1.165, 1.54) is 18.3 Å². The number of halogens is 1. The fourth-order valence-electron chi connectivity index (χ4n) is 2.58. The van der Waals surface area contributed by atoms with Crippen LogP contribution in [-0.2, 0) is 9.53 Å². The normalized spacial score (nSPS) is 13.3. The molecule has 2 aromatic heterocycles. The monoisotopic (exact) mass is 405 g/mol. The van der Waals surface area contributed by atoms with E-state index in [1.54, 1.807) is 16.9 Å². The summed E-state index contributed by atoms with van der Waals surface area (Å²) in [6.07, 6.45) is 1.52. The number of thiophene rings is 1. The number of nitrogens with zero attached hydrogens (tertiary/aromatic N) is 2. The molecule has 2 atom stereocenters. The Morgan fingerprint density at radius 2 is 2.04 bits per heavy atom. The smallest absolute Gasteiger partial charge is 0.350 e. The molecule has 2 heterocycles. The van der Waals surface area contributed by atoms with Gasteiger partial charge in [-0.1, -0.05) is 36.7 Å². The number of ether oxygens (including phenoxy) is 1. The molecule has 0 fully saturated rings. The minimum atomic E-state index is -0.973. The Labute approximate surface area is 166 Å². The average molecular weight is 406 g/mol. The summed E-state index contributed by atoms with van der Waals surface area (Å²) < 4.78 is 7.95. The first-order valence-corrected chi connectivity index (χ1v) is 9.84. The van der Waals surface area contributed by atoms with Crippen LogP contribution in [0.4, 0.5) is 5.82 Å². The highest BCUT2D eigenvalue weighted by Crippen LogP contribution is 2.35. The van der Waals surface area contributed by atoms with Gasteiger partial charge in [-0.2, -0.15) is 5.10 Å². The van der Waals surface area contributed by atoms with E-state index in [-0.39, 0.29) is 6.04 Å². The van der Waals surface area contributed by atoms with E-state index in [9.17, 15) is 9.59 Å². The Hall–Kier alpha value is -2.38. The third-order valence-corrected chi connectivity index (χ3v) is 5.96. The molecule has 0 bridgehead atoms. The number of aromatic nitrogens is 2. The number of hydrogen-bond donors (Lipinski definition) is 1. The number of nitrogens with one attached hydrogen (secondary N) is 1. The second-order valence-electron chi connectivity index (χ2n) is 6.20. The van der Waals surface area contributed by atoms with Crippen molar-refractivity contribution in [3.05, 3.63) is 46.4 Å². The standard InChI is InChI=1S/C19H20ClN3O3S/c1-4-11(2)23-15(9-10-21-23)22-18(24)12(3)26-19(25)17-16(20)13-7-5-6-8-14(13)27-17/h5-12H,4H2,1-3H3,(H,22,24)/t11-,12-/m1/s1. The average Bonchev–Trinajstić information content (AvgIpc) is 3.26. The van der Waals surface area contributed by atoms with Crippen molar-refractivity contribution < 1.29 is 14.3 Å². The Morgan fingerprint density at radius 3 is 2.74 bits per heavy atom. The number of amides is 1. The molecule has 0 aliphatic rings. The molecule has 6 nitrogen and oxygen atoms in total. The fraction of sp³-hybridized carbons (Fsp3) is 0.316. The molecule has 0 radical (unpaired) electrons. The van der Waals surface area contributed by atoms with Gasteiger partial charge in [-0.05, 0) is 26.3 Å². The van der Waals surface area contributed by atoms with Gasteiger partial charge >= 0.3 is 5.97 Å². The summed E-state index contributed by atoms with van der Waals surface area (Å²) in [4.78, 5) is 25.2. The van der Waals surface area contributed by atoms with Crippen LogP contribution in [0.3, 0.4) is 0 Å². The summed E-state index contributed by atoms with van der Waals surface area (Å²) in [6.45, 7) is 5.57. The van der Waals surface area contributed by atoms with Gasteiger partial charge < -0.3 is 10.1 Å². The van der Waals surface area contributed by atoms with Gasteiger partial charge in [-0.3, -0.25) is 4.79 Å². The largest absolute Gasteiger partial charge is 0.448 e. The van der Waals surface area contributed by atoms with Gasteiger partial charge in [-0.15, -0.1) is 11.3 Å². The van der Waals surface area contributed by atoms with Crippen molar-refractivity contribution in [3.63, 3.8) is 0 Å². The van der Waals surface area contributed by atoms with Crippen molar-refractivity contribution in [2.75, 3.05) is 5.32 Å². The van der Waals surface area contributed by atoms with Crippen LogP contribution in [0.5, 0.6) is 0 Å². The number of anilines is 1. The van der Waals surface area contributed by atoms with Crippen LogP contribution in [0.2, 0.25) is 5.02 Å². The minimum absolute atomic E-state index is 0.144. The Balaban J connectivity index is 1.70. The topological polar surface area (TPSA) is 73.2 Å². The minimum Gasteiger partial charge on any atom is -0.448 e. The van der Waals surface area contributed by atoms with Crippen molar-refractivity contribution >= 4 is 50.7 Å². The number of fused-ring (bicyclic) bond motifs is 1. The summed E-state index contributed by atoms with van der Waals surface area (Å²) >= 11 is 7.55. The highest BCUT2D eigenvalue weighted by Gasteiger charge is 2.24. The molecule has 1 aromatic carbocycles. The second-order valence-corrected chi connectivity index (χ2v) is 7.63. The zero-order valence-electron chi connectivity index (χ0n) is 15.2. The van der Waals surface area contributed by atoms with Crippen LogP contribution in [-0.4, -0.2) is 27.8 Å². The molecule has 1 N–H and O–H groups in total. The van der Waals surface area contributed by atoms with Crippen LogP contribution in [0.25, 0.3) is 10.1 Å². The zero-order chi connectivity index (χ0) is 19.6. The molecular formula is C19H20ClN3O3S. The SMILES string of the molecule is CC[C@@H](C)n1nccc1NC(=O)[C@@H](C)OC(=O)c1sc2ccccc2c1Cl. The molecular weight excluding hydrogens is 386 g/mol. The fourth-order valence-corrected chi connectivity index (χ4v) is 3.97. The molecule has 0 saturated heterocycles. The first-order chi connectivity index (χ1) is 12.9. The lowest BCUT2D eigenvalue weighted by Gasteiger charge is -2.16. The first-order valence-electron chi connectivity index (χ1n) is 8.64. The van der Waals surface area contributed by atoms with Gasteiger partial charge in [0.05, 0.1) is 17.3 Å². The van der Waals surface area contributed by atoms with Crippen molar-refractivity contribution in [1.29, 1.82) is 0 Å². The lowest BCUT2D eigenvalue weighted by atomic mass is 10.2. The highest BCUT2D eigenvalue weighted by atomic mass is 35.5. The Bertz CT molecular complexity index is 982. The van der Waals surface area contributed by atoms with E-state index in [4.69, 9.17) is 16.3 Å². The van der Waals surface area contributed by atoms with E-state index in [0.29, 0.717) is 15.7 Å². The molecule has 0 saturated carbocycles. The van der Waals surface area contributed by atoms with Crippen molar-refractivity contribution in [3.8, 4) is 0 Å². The van der Waals surface area contributed by atoms with Crippen LogP contribution in [0.15, 0.2) is 36.5 Å². The van der Waals surface area contributed by atoms with Crippen molar-refractivity contribution in [2.45, 2.75) is 39.3 Å². The molecule has 0 aliphatic heterocycles. The van der Waals surface area contributed by atoms with E-state index in [0.717, 1.165) is 16.5 Å². The lowest BCUT2D eigenvalue weighted by molar-refractivity contribution is -0.123. The summed E-state index contributed by atoms with van der Waals surface area (Å²) in [7, 11) is 0. The molecule has 142 valence electrons. The van der Waals surface area contributed by atoms with Crippen molar-refractivity contribution in [1.82, 2.24) is 9.78 Å². The second kappa shape index (κ2) is 8.10. The zero-order valence-corrected chi connectivity index (χ0v) is 16.8. The summed E-state index contributed by atoms with van der Waals surface area (Å²) in [5.74, 6) is -0.470. The van der Waals surface area contributed by atoms with Gasteiger partial charge in [-0.25, -0.2) is 9.48 Å². The first kappa shape index (κ1) is 19.4.